The molecule has 22 heavy (non-hydrogen) atoms. The third-order valence-corrected chi connectivity index (χ3v) is 3.11. The molecule has 0 amide bonds. The maximum absolute atomic E-state index is 12.0. The third kappa shape index (κ3) is 2.88. The Balaban J connectivity index is 2.08. The molecular formula is C17H15N3O2. The summed E-state index contributed by atoms with van der Waals surface area (Å²) in [6.45, 7) is 2.08. The highest BCUT2D eigenvalue weighted by atomic mass is 16.5. The number of pyridine rings is 2. The summed E-state index contributed by atoms with van der Waals surface area (Å²) in [5.41, 5.74) is 1.85. The van der Waals surface area contributed by atoms with E-state index in [1.165, 1.54) is 0 Å². The zero-order valence-electron chi connectivity index (χ0n) is 12.1. The van der Waals surface area contributed by atoms with Crippen molar-refractivity contribution in [2.75, 3.05) is 11.9 Å². The van der Waals surface area contributed by atoms with E-state index in [1.54, 1.807) is 19.2 Å². The minimum absolute atomic E-state index is 0.265. The van der Waals surface area contributed by atoms with E-state index in [0.29, 0.717) is 17.9 Å². The van der Waals surface area contributed by atoms with Gasteiger partial charge in [-0.15, -0.1) is 0 Å². The molecule has 0 unspecified atom stereocenters. The molecule has 110 valence electrons. The molecule has 0 saturated carbocycles. The first-order chi connectivity index (χ1) is 10.8. The molecule has 0 radical (unpaired) electrons. The first-order valence-corrected chi connectivity index (χ1v) is 7.03. The number of rotatable bonds is 4. The van der Waals surface area contributed by atoms with Crippen LogP contribution in [0.25, 0.3) is 10.9 Å². The molecule has 0 atom stereocenters. The molecule has 2 heterocycles. The van der Waals surface area contributed by atoms with Gasteiger partial charge in [0, 0.05) is 17.3 Å². The van der Waals surface area contributed by atoms with Gasteiger partial charge in [0.05, 0.1) is 6.61 Å². The first kappa shape index (κ1) is 14.0. The van der Waals surface area contributed by atoms with Crippen LogP contribution in [-0.2, 0) is 4.74 Å². The van der Waals surface area contributed by atoms with Gasteiger partial charge in [-0.3, -0.25) is 4.98 Å². The summed E-state index contributed by atoms with van der Waals surface area (Å²) in [6.07, 6.45) is 1.70. The number of aromatic nitrogens is 2. The lowest BCUT2D eigenvalue weighted by atomic mass is 10.2. The molecule has 0 aliphatic carbocycles. The third-order valence-electron chi connectivity index (χ3n) is 3.11. The SMILES string of the molecule is CCOC(=O)c1cc2cccnc2c(Nc2ccccc2)n1. The van der Waals surface area contributed by atoms with Gasteiger partial charge in [-0.05, 0) is 31.2 Å². The van der Waals surface area contributed by atoms with E-state index in [9.17, 15) is 4.79 Å². The summed E-state index contributed by atoms with van der Waals surface area (Å²) in [6, 6.07) is 15.0. The van der Waals surface area contributed by atoms with Crippen LogP contribution in [0.1, 0.15) is 17.4 Å². The number of benzene rings is 1. The van der Waals surface area contributed by atoms with Crippen molar-refractivity contribution in [3.8, 4) is 0 Å². The van der Waals surface area contributed by atoms with Crippen molar-refractivity contribution in [1.82, 2.24) is 9.97 Å². The van der Waals surface area contributed by atoms with E-state index < -0.39 is 5.97 Å². The monoisotopic (exact) mass is 293 g/mol. The molecule has 0 saturated heterocycles. The fraction of sp³-hybridized carbons (Fsp3) is 0.118. The minimum Gasteiger partial charge on any atom is -0.461 e. The molecule has 5 nitrogen and oxygen atoms in total. The Morgan fingerprint density at radius 2 is 2.00 bits per heavy atom. The molecule has 3 rings (SSSR count). The summed E-state index contributed by atoms with van der Waals surface area (Å²) in [5, 5.41) is 4.04. The van der Waals surface area contributed by atoms with Crippen molar-refractivity contribution in [2.45, 2.75) is 6.92 Å². The van der Waals surface area contributed by atoms with Crippen LogP contribution >= 0.6 is 0 Å². The van der Waals surface area contributed by atoms with E-state index in [-0.39, 0.29) is 5.69 Å². The minimum atomic E-state index is -0.440. The highest BCUT2D eigenvalue weighted by Crippen LogP contribution is 2.24. The second-order valence-electron chi connectivity index (χ2n) is 4.64. The maximum atomic E-state index is 12.0. The molecule has 0 aliphatic rings. The van der Waals surface area contributed by atoms with Gasteiger partial charge in [0.25, 0.3) is 0 Å². The molecule has 2 aromatic heterocycles. The Morgan fingerprint density at radius 3 is 2.77 bits per heavy atom. The topological polar surface area (TPSA) is 64.1 Å². The van der Waals surface area contributed by atoms with Gasteiger partial charge in [-0.25, -0.2) is 9.78 Å². The molecule has 0 aliphatic heterocycles. The first-order valence-electron chi connectivity index (χ1n) is 7.03. The van der Waals surface area contributed by atoms with Crippen molar-refractivity contribution in [1.29, 1.82) is 0 Å². The average molecular weight is 293 g/mol. The number of para-hydroxylation sites is 1. The van der Waals surface area contributed by atoms with Gasteiger partial charge in [-0.2, -0.15) is 0 Å². The molecular weight excluding hydrogens is 278 g/mol. The smallest absolute Gasteiger partial charge is 0.357 e. The van der Waals surface area contributed by atoms with Crippen molar-refractivity contribution in [3.63, 3.8) is 0 Å². The highest BCUT2D eigenvalue weighted by molar-refractivity contribution is 5.97. The van der Waals surface area contributed by atoms with Crippen LogP contribution in [0.3, 0.4) is 0 Å². The van der Waals surface area contributed by atoms with Crippen molar-refractivity contribution < 1.29 is 9.53 Å². The van der Waals surface area contributed by atoms with Crippen LogP contribution in [0.2, 0.25) is 0 Å². The van der Waals surface area contributed by atoms with Gasteiger partial charge in [0.15, 0.2) is 11.5 Å². The van der Waals surface area contributed by atoms with Crippen LogP contribution in [-0.4, -0.2) is 22.5 Å². The molecule has 5 heteroatoms. The van der Waals surface area contributed by atoms with E-state index in [0.717, 1.165) is 11.1 Å². The average Bonchev–Trinajstić information content (AvgIpc) is 2.56. The largest absolute Gasteiger partial charge is 0.461 e. The van der Waals surface area contributed by atoms with E-state index in [2.05, 4.69) is 15.3 Å². The van der Waals surface area contributed by atoms with Gasteiger partial charge in [-0.1, -0.05) is 24.3 Å². The molecule has 1 aromatic carbocycles. The summed E-state index contributed by atoms with van der Waals surface area (Å²) in [4.78, 5) is 20.7. The number of fused-ring (bicyclic) bond motifs is 1. The van der Waals surface area contributed by atoms with Crippen LogP contribution in [0.15, 0.2) is 54.7 Å². The maximum Gasteiger partial charge on any atom is 0.357 e. The van der Waals surface area contributed by atoms with Gasteiger partial charge in [0.1, 0.15) is 5.52 Å². The summed E-state index contributed by atoms with van der Waals surface area (Å²) >= 11 is 0. The lowest BCUT2D eigenvalue weighted by Crippen LogP contribution is -2.09. The normalized spacial score (nSPS) is 10.4. The standard InChI is InChI=1S/C17H15N3O2/c1-2-22-17(21)14-11-12-7-6-10-18-15(12)16(20-14)19-13-8-4-3-5-9-13/h3-11H,2H2,1H3,(H,19,20). The van der Waals surface area contributed by atoms with Crippen molar-refractivity contribution >= 4 is 28.4 Å². The number of hydrogen-bond donors (Lipinski definition) is 1. The molecule has 1 N–H and O–H groups in total. The summed E-state index contributed by atoms with van der Waals surface area (Å²) in [7, 11) is 0. The summed E-state index contributed by atoms with van der Waals surface area (Å²) < 4.78 is 5.03. The quantitative estimate of drug-likeness (QED) is 0.745. The van der Waals surface area contributed by atoms with Crippen LogP contribution in [0.4, 0.5) is 11.5 Å². The number of esters is 1. The number of hydrogen-bond acceptors (Lipinski definition) is 5. The van der Waals surface area contributed by atoms with Crippen molar-refractivity contribution in [2.24, 2.45) is 0 Å². The number of nitrogens with one attached hydrogen (secondary N) is 1. The fourth-order valence-electron chi connectivity index (χ4n) is 2.14. The number of ether oxygens (including phenoxy) is 1. The number of carbonyl (C=O) groups excluding carboxylic acids is 1. The molecule has 0 fully saturated rings. The molecule has 0 spiro atoms. The second kappa shape index (κ2) is 6.22. The molecule has 0 bridgehead atoms. The number of carbonyl (C=O) groups is 1. The lowest BCUT2D eigenvalue weighted by molar-refractivity contribution is 0.0520. The van der Waals surface area contributed by atoms with E-state index >= 15 is 0 Å². The van der Waals surface area contributed by atoms with Crippen LogP contribution in [0.5, 0.6) is 0 Å². The van der Waals surface area contributed by atoms with Gasteiger partial charge in [0.2, 0.25) is 0 Å². The molecule has 3 aromatic rings. The Kier molecular flexibility index (Phi) is 3.96. The number of anilines is 2. The lowest BCUT2D eigenvalue weighted by Gasteiger charge is -2.10. The second-order valence-corrected chi connectivity index (χ2v) is 4.64. The predicted octanol–water partition coefficient (Wildman–Crippen LogP) is 3.55. The predicted molar refractivity (Wildman–Crippen MR) is 85.2 cm³/mol. The Morgan fingerprint density at radius 1 is 1.18 bits per heavy atom. The zero-order valence-corrected chi connectivity index (χ0v) is 12.1. The summed E-state index contributed by atoms with van der Waals surface area (Å²) in [5.74, 6) is 0.0942. The van der Waals surface area contributed by atoms with Gasteiger partial charge < -0.3 is 10.1 Å². The van der Waals surface area contributed by atoms with Crippen molar-refractivity contribution in [3.05, 3.63) is 60.4 Å². The number of nitrogens with zero attached hydrogens (tertiary/aromatic N) is 2. The van der Waals surface area contributed by atoms with Crippen LogP contribution < -0.4 is 5.32 Å². The highest BCUT2D eigenvalue weighted by Gasteiger charge is 2.13. The Hall–Kier alpha value is -2.95. The fourth-order valence-corrected chi connectivity index (χ4v) is 2.14. The van der Waals surface area contributed by atoms with E-state index in [1.807, 2.05) is 42.5 Å². The van der Waals surface area contributed by atoms with E-state index in [4.69, 9.17) is 4.74 Å². The Bertz CT molecular complexity index is 803. The zero-order chi connectivity index (χ0) is 15.4. The Labute approximate surface area is 128 Å². The van der Waals surface area contributed by atoms with Gasteiger partial charge >= 0.3 is 5.97 Å². The van der Waals surface area contributed by atoms with Crippen LogP contribution in [0, 0.1) is 0 Å².